The quantitative estimate of drug-likeness (QED) is 0.563. The number of allylic oxidation sites excluding steroid dienone is 4. The van der Waals surface area contributed by atoms with Gasteiger partial charge in [0.2, 0.25) is 5.88 Å². The molecule has 0 fully saturated rings. The monoisotopic (exact) mass is 215 g/mol. The van der Waals surface area contributed by atoms with Crippen LogP contribution in [0.15, 0.2) is 54.3 Å². The maximum atomic E-state index is 5.46. The van der Waals surface area contributed by atoms with E-state index in [9.17, 15) is 0 Å². The highest BCUT2D eigenvalue weighted by atomic mass is 16.5. The second-order valence-electron chi connectivity index (χ2n) is 3.79. The third-order valence-corrected chi connectivity index (χ3v) is 1.81. The highest BCUT2D eigenvalue weighted by Gasteiger charge is 1.95. The molecular weight excluding hydrogens is 198 g/mol. The summed E-state index contributed by atoms with van der Waals surface area (Å²) in [6, 6.07) is 5.65. The zero-order valence-electron chi connectivity index (χ0n) is 10.0. The van der Waals surface area contributed by atoms with Crippen molar-refractivity contribution in [2.45, 2.75) is 20.8 Å². The summed E-state index contributed by atoms with van der Waals surface area (Å²) in [5.41, 5.74) is 2.16. The van der Waals surface area contributed by atoms with Crippen LogP contribution in [-0.4, -0.2) is 4.98 Å². The molecule has 1 rings (SSSR count). The number of pyridine rings is 1. The zero-order valence-corrected chi connectivity index (χ0v) is 10.0. The summed E-state index contributed by atoms with van der Waals surface area (Å²) in [5.74, 6) is 1.16. The van der Waals surface area contributed by atoms with Crippen molar-refractivity contribution in [3.63, 3.8) is 0 Å². The number of aryl methyl sites for hydroxylation is 1. The van der Waals surface area contributed by atoms with Gasteiger partial charge in [-0.1, -0.05) is 30.4 Å². The van der Waals surface area contributed by atoms with Crippen LogP contribution in [0.4, 0.5) is 0 Å². The first-order chi connectivity index (χ1) is 7.58. The molecule has 0 aromatic carbocycles. The Hall–Kier alpha value is -1.83. The lowest BCUT2D eigenvalue weighted by molar-refractivity contribution is 0.428. The minimum absolute atomic E-state index is 0.576. The Morgan fingerprint density at radius 2 is 2.12 bits per heavy atom. The van der Waals surface area contributed by atoms with Gasteiger partial charge in [-0.2, -0.15) is 0 Å². The minimum atomic E-state index is 0.576. The van der Waals surface area contributed by atoms with Crippen LogP contribution >= 0.6 is 0 Å². The fourth-order valence-electron chi connectivity index (χ4n) is 1.09. The Balaban J connectivity index is 2.58. The lowest BCUT2D eigenvalue weighted by atomic mass is 10.3. The molecule has 0 N–H and O–H groups in total. The molecule has 2 nitrogen and oxygen atoms in total. The number of ether oxygens (including phenoxy) is 1. The van der Waals surface area contributed by atoms with Crippen molar-refractivity contribution in [2.75, 3.05) is 0 Å². The van der Waals surface area contributed by atoms with Crippen LogP contribution in [0.3, 0.4) is 0 Å². The molecule has 0 amide bonds. The van der Waals surface area contributed by atoms with E-state index in [1.165, 1.54) is 5.57 Å². The van der Waals surface area contributed by atoms with Gasteiger partial charge in [0.05, 0.1) is 0 Å². The molecule has 84 valence electrons. The molecule has 16 heavy (non-hydrogen) atoms. The van der Waals surface area contributed by atoms with Crippen molar-refractivity contribution in [1.82, 2.24) is 4.98 Å². The molecule has 0 saturated carbocycles. The van der Waals surface area contributed by atoms with Gasteiger partial charge in [0, 0.05) is 11.8 Å². The normalized spacial score (nSPS) is 10.2. The third kappa shape index (κ3) is 4.60. The van der Waals surface area contributed by atoms with E-state index < -0.39 is 0 Å². The van der Waals surface area contributed by atoms with Gasteiger partial charge in [-0.25, -0.2) is 4.98 Å². The Labute approximate surface area is 97.0 Å². The third-order valence-electron chi connectivity index (χ3n) is 1.81. The Morgan fingerprint density at radius 3 is 2.75 bits per heavy atom. The molecule has 0 aliphatic rings. The van der Waals surface area contributed by atoms with Crippen LogP contribution in [0, 0.1) is 6.92 Å². The van der Waals surface area contributed by atoms with Crippen molar-refractivity contribution < 1.29 is 4.74 Å². The van der Waals surface area contributed by atoms with Gasteiger partial charge in [0.1, 0.15) is 5.76 Å². The molecule has 2 heteroatoms. The molecule has 0 radical (unpaired) electrons. The van der Waals surface area contributed by atoms with Gasteiger partial charge in [0.15, 0.2) is 0 Å². The lowest BCUT2D eigenvalue weighted by Gasteiger charge is -2.03. The molecule has 1 aromatic heterocycles. The average Bonchev–Trinajstić information content (AvgIpc) is 2.16. The van der Waals surface area contributed by atoms with Gasteiger partial charge < -0.3 is 4.74 Å². The Morgan fingerprint density at radius 1 is 1.38 bits per heavy atom. The van der Waals surface area contributed by atoms with Gasteiger partial charge in [0.25, 0.3) is 0 Å². The van der Waals surface area contributed by atoms with E-state index in [2.05, 4.69) is 11.6 Å². The molecule has 1 heterocycles. The van der Waals surface area contributed by atoms with Gasteiger partial charge >= 0.3 is 0 Å². The summed E-state index contributed by atoms with van der Waals surface area (Å²) >= 11 is 0. The summed E-state index contributed by atoms with van der Waals surface area (Å²) in [7, 11) is 0. The van der Waals surface area contributed by atoms with Crippen LogP contribution in [0.2, 0.25) is 0 Å². The van der Waals surface area contributed by atoms with Crippen LogP contribution < -0.4 is 4.74 Å². The molecule has 1 aromatic rings. The summed E-state index contributed by atoms with van der Waals surface area (Å²) in [4.78, 5) is 4.22. The predicted octanol–water partition coefficient (Wildman–Crippen LogP) is 3.80. The standard InChI is InChI=1S/C14H17NO/c1-11(2)7-5-9-13(4)16-14-10-6-8-12(3)15-14/h5-10H,4H2,1-3H3/b9-5-. The van der Waals surface area contributed by atoms with E-state index in [0.29, 0.717) is 11.6 Å². The van der Waals surface area contributed by atoms with E-state index >= 15 is 0 Å². The van der Waals surface area contributed by atoms with Crippen LogP contribution in [0.1, 0.15) is 19.5 Å². The molecule has 0 spiro atoms. The molecule has 0 atom stereocenters. The molecule has 0 saturated heterocycles. The molecule has 0 bridgehead atoms. The summed E-state index contributed by atoms with van der Waals surface area (Å²) in [6.07, 6.45) is 5.72. The average molecular weight is 215 g/mol. The van der Waals surface area contributed by atoms with E-state index in [-0.39, 0.29) is 0 Å². The maximum Gasteiger partial charge on any atom is 0.219 e. The van der Waals surface area contributed by atoms with Crippen molar-refractivity contribution >= 4 is 0 Å². The van der Waals surface area contributed by atoms with E-state index in [1.807, 2.05) is 57.2 Å². The Bertz CT molecular complexity index is 426. The van der Waals surface area contributed by atoms with E-state index in [4.69, 9.17) is 4.74 Å². The topological polar surface area (TPSA) is 22.1 Å². The zero-order chi connectivity index (χ0) is 12.0. The van der Waals surface area contributed by atoms with Crippen molar-refractivity contribution in [3.8, 4) is 5.88 Å². The second kappa shape index (κ2) is 5.91. The lowest BCUT2D eigenvalue weighted by Crippen LogP contribution is -1.93. The fourth-order valence-corrected chi connectivity index (χ4v) is 1.09. The summed E-state index contributed by atoms with van der Waals surface area (Å²) in [6.45, 7) is 9.80. The molecule has 0 aliphatic heterocycles. The van der Waals surface area contributed by atoms with E-state index in [1.54, 1.807) is 0 Å². The van der Waals surface area contributed by atoms with Gasteiger partial charge in [-0.15, -0.1) is 0 Å². The van der Waals surface area contributed by atoms with Crippen molar-refractivity contribution in [1.29, 1.82) is 0 Å². The molecule has 0 unspecified atom stereocenters. The number of aromatic nitrogens is 1. The first-order valence-corrected chi connectivity index (χ1v) is 5.20. The van der Waals surface area contributed by atoms with Crippen molar-refractivity contribution in [3.05, 3.63) is 60.0 Å². The van der Waals surface area contributed by atoms with Crippen LogP contribution in [0.25, 0.3) is 0 Å². The SMILES string of the molecule is C=C(/C=C\C=C(C)C)Oc1cccc(C)n1. The highest BCUT2D eigenvalue weighted by molar-refractivity contribution is 5.22. The van der Waals surface area contributed by atoms with Crippen LogP contribution in [0.5, 0.6) is 5.88 Å². The first-order valence-electron chi connectivity index (χ1n) is 5.20. The van der Waals surface area contributed by atoms with Gasteiger partial charge in [-0.3, -0.25) is 0 Å². The second-order valence-corrected chi connectivity index (χ2v) is 3.79. The summed E-state index contributed by atoms with van der Waals surface area (Å²) < 4.78 is 5.46. The largest absolute Gasteiger partial charge is 0.440 e. The predicted molar refractivity (Wildman–Crippen MR) is 67.3 cm³/mol. The fraction of sp³-hybridized carbons (Fsp3) is 0.214. The van der Waals surface area contributed by atoms with Gasteiger partial charge in [-0.05, 0) is 32.9 Å². The van der Waals surface area contributed by atoms with E-state index in [0.717, 1.165) is 5.69 Å². The molecule has 0 aliphatic carbocycles. The van der Waals surface area contributed by atoms with Crippen LogP contribution in [-0.2, 0) is 0 Å². The summed E-state index contributed by atoms with van der Waals surface area (Å²) in [5, 5.41) is 0. The smallest absolute Gasteiger partial charge is 0.219 e. The first kappa shape index (κ1) is 12.2. The number of nitrogens with zero attached hydrogens (tertiary/aromatic N) is 1. The molecular formula is C14H17NO. The minimum Gasteiger partial charge on any atom is -0.440 e. The maximum absolute atomic E-state index is 5.46. The highest BCUT2D eigenvalue weighted by Crippen LogP contribution is 2.10. The number of hydrogen-bond donors (Lipinski definition) is 0. The Kier molecular flexibility index (Phi) is 4.52. The van der Waals surface area contributed by atoms with Crippen molar-refractivity contribution in [2.24, 2.45) is 0 Å². The number of rotatable bonds is 4. The number of hydrogen-bond acceptors (Lipinski definition) is 2.